The quantitative estimate of drug-likeness (QED) is 0.679. The van der Waals surface area contributed by atoms with Crippen molar-refractivity contribution in [2.45, 2.75) is 20.8 Å². The second-order valence-corrected chi connectivity index (χ2v) is 8.83. The summed E-state index contributed by atoms with van der Waals surface area (Å²) in [6, 6.07) is 6.17. The van der Waals surface area contributed by atoms with Crippen molar-refractivity contribution in [3.63, 3.8) is 0 Å². The SMILES string of the molecule is O=S(=O)(c1ccc(Oc2ccc(S(=O)(=O)C(F)(F)F)cc2)cc1)C(F)(F)F. The summed E-state index contributed by atoms with van der Waals surface area (Å²) in [6.07, 6.45) is 0. The molecular weight excluding hydrogens is 426 g/mol. The molecule has 0 bridgehead atoms. The van der Waals surface area contributed by atoms with Crippen LogP contribution in [0.25, 0.3) is 0 Å². The predicted molar refractivity (Wildman–Crippen MR) is 79.4 cm³/mol. The Kier molecular flexibility index (Phi) is 5.22. The van der Waals surface area contributed by atoms with E-state index in [0.29, 0.717) is 24.3 Å². The monoisotopic (exact) mass is 434 g/mol. The molecule has 2 aromatic carbocycles. The van der Waals surface area contributed by atoms with Gasteiger partial charge in [0.05, 0.1) is 9.79 Å². The molecule has 0 aromatic heterocycles. The minimum atomic E-state index is -5.53. The van der Waals surface area contributed by atoms with Crippen molar-refractivity contribution in [1.82, 2.24) is 0 Å². The van der Waals surface area contributed by atoms with Gasteiger partial charge in [-0.2, -0.15) is 26.3 Å². The molecule has 0 fully saturated rings. The first-order valence-electron chi connectivity index (χ1n) is 6.67. The smallest absolute Gasteiger partial charge is 0.457 e. The molecule has 13 heteroatoms. The normalized spacial score (nSPS) is 13.4. The molecule has 0 amide bonds. The second kappa shape index (κ2) is 6.71. The molecule has 27 heavy (non-hydrogen) atoms. The van der Waals surface area contributed by atoms with Crippen molar-refractivity contribution in [2.24, 2.45) is 0 Å². The molecule has 0 aliphatic rings. The summed E-state index contributed by atoms with van der Waals surface area (Å²) in [5.41, 5.74) is -11.0. The van der Waals surface area contributed by atoms with Gasteiger partial charge in [0.15, 0.2) is 0 Å². The first-order valence-corrected chi connectivity index (χ1v) is 9.63. The van der Waals surface area contributed by atoms with Crippen LogP contribution in [0.3, 0.4) is 0 Å². The average molecular weight is 434 g/mol. The number of alkyl halides is 6. The summed E-state index contributed by atoms with van der Waals surface area (Å²) >= 11 is 0. The van der Waals surface area contributed by atoms with Gasteiger partial charge in [0.2, 0.25) is 0 Å². The lowest BCUT2D eigenvalue weighted by Gasteiger charge is -2.11. The minimum Gasteiger partial charge on any atom is -0.457 e. The van der Waals surface area contributed by atoms with E-state index in [0.717, 1.165) is 24.3 Å². The van der Waals surface area contributed by atoms with Crippen LogP contribution in [0.15, 0.2) is 58.3 Å². The van der Waals surface area contributed by atoms with E-state index in [2.05, 4.69) is 0 Å². The highest BCUT2D eigenvalue weighted by atomic mass is 32.2. The summed E-state index contributed by atoms with van der Waals surface area (Å²) in [5, 5.41) is 0. The predicted octanol–water partition coefficient (Wildman–Crippen LogP) is 4.07. The fourth-order valence-corrected chi connectivity index (χ4v) is 3.30. The summed E-state index contributed by atoms with van der Waals surface area (Å²) in [7, 11) is -11.1. The van der Waals surface area contributed by atoms with Crippen LogP contribution in [-0.4, -0.2) is 27.9 Å². The fourth-order valence-electron chi connectivity index (χ4n) is 1.78. The Labute approximate surface area is 149 Å². The highest BCUT2D eigenvalue weighted by Crippen LogP contribution is 2.33. The molecule has 0 heterocycles. The lowest BCUT2D eigenvalue weighted by molar-refractivity contribution is -0.0442. The van der Waals surface area contributed by atoms with Gasteiger partial charge >= 0.3 is 11.0 Å². The zero-order valence-electron chi connectivity index (χ0n) is 12.7. The Morgan fingerprint density at radius 3 is 1.04 bits per heavy atom. The van der Waals surface area contributed by atoms with E-state index >= 15 is 0 Å². The van der Waals surface area contributed by atoms with E-state index in [9.17, 15) is 43.2 Å². The molecular formula is C14H8F6O5S2. The van der Waals surface area contributed by atoms with E-state index in [1.165, 1.54) is 0 Å². The summed E-state index contributed by atoms with van der Waals surface area (Å²) in [6.45, 7) is 0. The first kappa shape index (κ1) is 21.0. The molecule has 0 aliphatic carbocycles. The largest absolute Gasteiger partial charge is 0.501 e. The third-order valence-corrected chi connectivity index (χ3v) is 6.12. The maximum absolute atomic E-state index is 12.4. The van der Waals surface area contributed by atoms with Gasteiger partial charge in [0, 0.05) is 0 Å². The van der Waals surface area contributed by atoms with Crippen LogP contribution in [0.4, 0.5) is 26.3 Å². The molecule has 0 atom stereocenters. The van der Waals surface area contributed by atoms with Crippen LogP contribution < -0.4 is 4.74 Å². The zero-order valence-corrected chi connectivity index (χ0v) is 14.4. The van der Waals surface area contributed by atoms with Gasteiger partial charge in [0.25, 0.3) is 19.7 Å². The third-order valence-electron chi connectivity index (χ3n) is 3.11. The van der Waals surface area contributed by atoms with E-state index in [4.69, 9.17) is 4.74 Å². The van der Waals surface area contributed by atoms with Crippen molar-refractivity contribution >= 4 is 19.7 Å². The number of rotatable bonds is 4. The molecule has 2 aromatic rings. The number of ether oxygens (including phenoxy) is 1. The highest BCUT2D eigenvalue weighted by Gasteiger charge is 2.47. The van der Waals surface area contributed by atoms with Crippen molar-refractivity contribution < 1.29 is 47.9 Å². The maximum Gasteiger partial charge on any atom is 0.501 e. The van der Waals surface area contributed by atoms with Crippen LogP contribution >= 0.6 is 0 Å². The van der Waals surface area contributed by atoms with Crippen LogP contribution in [0.2, 0.25) is 0 Å². The Balaban J connectivity index is 2.22. The van der Waals surface area contributed by atoms with Crippen LogP contribution in [-0.2, 0) is 19.7 Å². The van der Waals surface area contributed by atoms with Gasteiger partial charge in [-0.1, -0.05) is 0 Å². The Morgan fingerprint density at radius 2 is 0.815 bits per heavy atom. The van der Waals surface area contributed by atoms with Crippen molar-refractivity contribution in [3.05, 3.63) is 48.5 Å². The standard InChI is InChI=1S/C14H8F6O5S2/c15-13(16,17)26(21,22)11-5-1-9(2-6-11)25-10-3-7-12(8-4-10)27(23,24)14(18,19)20/h1-8H. The van der Waals surface area contributed by atoms with Gasteiger partial charge in [-0.25, -0.2) is 16.8 Å². The molecule has 0 radical (unpaired) electrons. The van der Waals surface area contributed by atoms with Gasteiger partial charge in [0.1, 0.15) is 11.5 Å². The lowest BCUT2D eigenvalue weighted by atomic mass is 10.3. The molecule has 148 valence electrons. The molecule has 5 nitrogen and oxygen atoms in total. The van der Waals surface area contributed by atoms with Crippen molar-refractivity contribution in [2.75, 3.05) is 0 Å². The molecule has 0 N–H and O–H groups in total. The van der Waals surface area contributed by atoms with Crippen molar-refractivity contribution in [3.8, 4) is 11.5 Å². The summed E-state index contributed by atoms with van der Waals surface area (Å²) < 4.78 is 125. The molecule has 0 unspecified atom stereocenters. The fraction of sp³-hybridized carbons (Fsp3) is 0.143. The second-order valence-electron chi connectivity index (χ2n) is 4.94. The number of hydrogen-bond acceptors (Lipinski definition) is 5. The van der Waals surface area contributed by atoms with Crippen LogP contribution in [0, 0.1) is 0 Å². The summed E-state index contributed by atoms with van der Waals surface area (Å²) in [4.78, 5) is -2.04. The summed E-state index contributed by atoms with van der Waals surface area (Å²) in [5.74, 6) is -0.245. The number of halogens is 6. The van der Waals surface area contributed by atoms with Crippen LogP contribution in [0.1, 0.15) is 0 Å². The van der Waals surface area contributed by atoms with Gasteiger partial charge < -0.3 is 4.74 Å². The third kappa shape index (κ3) is 4.18. The molecule has 0 aliphatic heterocycles. The molecule has 2 rings (SSSR count). The maximum atomic E-state index is 12.4. The number of hydrogen-bond donors (Lipinski definition) is 0. The highest BCUT2D eigenvalue weighted by molar-refractivity contribution is 7.92. The van der Waals surface area contributed by atoms with Gasteiger partial charge in [-0.3, -0.25) is 0 Å². The lowest BCUT2D eigenvalue weighted by Crippen LogP contribution is -2.23. The first-order chi connectivity index (χ1) is 12.2. The van der Waals surface area contributed by atoms with Crippen LogP contribution in [0.5, 0.6) is 11.5 Å². The average Bonchev–Trinajstić information content (AvgIpc) is 2.54. The van der Waals surface area contributed by atoms with E-state index < -0.39 is 40.5 Å². The van der Waals surface area contributed by atoms with Gasteiger partial charge in [-0.05, 0) is 48.5 Å². The van der Waals surface area contributed by atoms with Gasteiger partial charge in [-0.15, -0.1) is 0 Å². The number of benzene rings is 2. The Hall–Kier alpha value is -2.28. The molecule has 0 spiro atoms. The molecule has 0 saturated carbocycles. The number of sulfone groups is 2. The van der Waals surface area contributed by atoms with E-state index in [1.54, 1.807) is 0 Å². The Morgan fingerprint density at radius 1 is 0.556 bits per heavy atom. The zero-order chi connectivity index (χ0) is 20.7. The van der Waals surface area contributed by atoms with E-state index in [1.807, 2.05) is 0 Å². The minimum absolute atomic E-state index is 0.123. The molecule has 0 saturated heterocycles. The Bertz CT molecular complexity index is 936. The van der Waals surface area contributed by atoms with Crippen molar-refractivity contribution in [1.29, 1.82) is 0 Å². The van der Waals surface area contributed by atoms with E-state index in [-0.39, 0.29) is 11.5 Å². The topological polar surface area (TPSA) is 77.5 Å².